The minimum atomic E-state index is 0.209. The van der Waals surface area contributed by atoms with E-state index in [1.165, 1.54) is 0 Å². The summed E-state index contributed by atoms with van der Waals surface area (Å²) in [6.45, 7) is 3.23. The summed E-state index contributed by atoms with van der Waals surface area (Å²) in [5, 5.41) is 13.0. The van der Waals surface area contributed by atoms with Gasteiger partial charge in [-0.3, -0.25) is 4.68 Å². The van der Waals surface area contributed by atoms with E-state index in [4.69, 9.17) is 9.84 Å². The molecule has 0 atom stereocenters. The smallest absolute Gasteiger partial charge is 0.159 e. The van der Waals surface area contributed by atoms with Gasteiger partial charge in [0.05, 0.1) is 19.0 Å². The molecule has 14 heavy (non-hydrogen) atoms. The summed E-state index contributed by atoms with van der Waals surface area (Å²) < 4.78 is 7.16. The molecule has 0 unspecified atom stereocenters. The van der Waals surface area contributed by atoms with Crippen LogP contribution in [0.1, 0.15) is 25.5 Å². The number of nitrogens with zero attached hydrogens (tertiary/aromatic N) is 2. The Kier molecular flexibility index (Phi) is 4.46. The number of ether oxygens (including phenoxy) is 1. The van der Waals surface area contributed by atoms with Crippen LogP contribution in [0.15, 0.2) is 6.20 Å². The number of aryl methyl sites for hydroxylation is 1. The first-order chi connectivity index (χ1) is 6.83. The molecule has 0 aromatic carbocycles. The average Bonchev–Trinajstić information content (AvgIpc) is 2.58. The second-order valence-corrected chi connectivity index (χ2v) is 3.21. The van der Waals surface area contributed by atoms with Gasteiger partial charge < -0.3 is 9.84 Å². The van der Waals surface area contributed by atoms with Gasteiger partial charge in [0.15, 0.2) is 5.75 Å². The van der Waals surface area contributed by atoms with Gasteiger partial charge in [-0.05, 0) is 19.3 Å². The van der Waals surface area contributed by atoms with Gasteiger partial charge in [0.1, 0.15) is 0 Å². The first-order valence-corrected chi connectivity index (χ1v) is 5.03. The molecule has 0 fully saturated rings. The third-order valence-corrected chi connectivity index (χ3v) is 2.14. The summed E-state index contributed by atoms with van der Waals surface area (Å²) in [4.78, 5) is 0. The molecule has 1 N–H and O–H groups in total. The Morgan fingerprint density at radius 3 is 2.93 bits per heavy atom. The minimum Gasteiger partial charge on any atom is -0.493 e. The van der Waals surface area contributed by atoms with Gasteiger partial charge in [-0.15, -0.1) is 0 Å². The lowest BCUT2D eigenvalue weighted by atomic mass is 10.2. The number of hydrogen-bond donors (Lipinski definition) is 1. The lowest BCUT2D eigenvalue weighted by Crippen LogP contribution is -2.06. The zero-order chi connectivity index (χ0) is 10.4. The molecule has 0 aliphatic heterocycles. The standard InChI is InChI=1S/C10H18N2O2/c1-3-6-12-9(5-4-7-13)10(14-2)8-11-12/h8,13H,3-7H2,1-2H3. The third-order valence-electron chi connectivity index (χ3n) is 2.14. The number of aliphatic hydroxyl groups is 1. The van der Waals surface area contributed by atoms with Crippen molar-refractivity contribution in [2.24, 2.45) is 0 Å². The topological polar surface area (TPSA) is 47.3 Å². The summed E-state index contributed by atoms with van der Waals surface area (Å²) in [6.07, 6.45) is 4.37. The molecule has 1 heterocycles. The maximum Gasteiger partial charge on any atom is 0.159 e. The van der Waals surface area contributed by atoms with Crippen molar-refractivity contribution >= 4 is 0 Å². The first kappa shape index (κ1) is 11.0. The van der Waals surface area contributed by atoms with E-state index in [0.717, 1.165) is 37.3 Å². The Hall–Kier alpha value is -1.03. The van der Waals surface area contributed by atoms with Gasteiger partial charge in [-0.25, -0.2) is 0 Å². The summed E-state index contributed by atoms with van der Waals surface area (Å²) >= 11 is 0. The van der Waals surface area contributed by atoms with E-state index in [-0.39, 0.29) is 6.61 Å². The highest BCUT2D eigenvalue weighted by Crippen LogP contribution is 2.19. The number of aliphatic hydroxyl groups excluding tert-OH is 1. The van der Waals surface area contributed by atoms with Crippen molar-refractivity contribution in [3.05, 3.63) is 11.9 Å². The van der Waals surface area contributed by atoms with Crippen LogP contribution in [-0.2, 0) is 13.0 Å². The lowest BCUT2D eigenvalue weighted by molar-refractivity contribution is 0.286. The molecule has 4 nitrogen and oxygen atoms in total. The second-order valence-electron chi connectivity index (χ2n) is 3.21. The fraction of sp³-hybridized carbons (Fsp3) is 0.700. The van der Waals surface area contributed by atoms with Crippen LogP contribution in [0.5, 0.6) is 5.75 Å². The van der Waals surface area contributed by atoms with Crippen molar-refractivity contribution < 1.29 is 9.84 Å². The molecule has 0 saturated carbocycles. The largest absolute Gasteiger partial charge is 0.493 e. The Morgan fingerprint density at radius 2 is 2.36 bits per heavy atom. The maximum absolute atomic E-state index is 8.78. The van der Waals surface area contributed by atoms with Crippen LogP contribution >= 0.6 is 0 Å². The Morgan fingerprint density at radius 1 is 1.57 bits per heavy atom. The van der Waals surface area contributed by atoms with E-state index in [0.29, 0.717) is 0 Å². The van der Waals surface area contributed by atoms with Gasteiger partial charge in [-0.1, -0.05) is 6.92 Å². The molecule has 0 aliphatic carbocycles. The van der Waals surface area contributed by atoms with Crippen LogP contribution < -0.4 is 4.74 Å². The highest BCUT2D eigenvalue weighted by molar-refractivity contribution is 5.25. The van der Waals surface area contributed by atoms with Crippen molar-refractivity contribution in [2.45, 2.75) is 32.7 Å². The number of aromatic nitrogens is 2. The highest BCUT2D eigenvalue weighted by Gasteiger charge is 2.09. The van der Waals surface area contributed by atoms with Crippen molar-refractivity contribution in [2.75, 3.05) is 13.7 Å². The van der Waals surface area contributed by atoms with Crippen LogP contribution in [0.3, 0.4) is 0 Å². The van der Waals surface area contributed by atoms with Crippen molar-refractivity contribution in [3.63, 3.8) is 0 Å². The summed E-state index contributed by atoms with van der Waals surface area (Å²) in [6, 6.07) is 0. The minimum absolute atomic E-state index is 0.209. The van der Waals surface area contributed by atoms with Crippen LogP contribution in [0, 0.1) is 0 Å². The third kappa shape index (κ3) is 2.48. The SMILES string of the molecule is CCCn1ncc(OC)c1CCCO. The molecule has 0 aliphatic rings. The van der Waals surface area contributed by atoms with Gasteiger partial charge in [0.2, 0.25) is 0 Å². The quantitative estimate of drug-likeness (QED) is 0.747. The van der Waals surface area contributed by atoms with Crippen LogP contribution in [0.25, 0.3) is 0 Å². The predicted octanol–water partition coefficient (Wildman–Crippen LogP) is 1.23. The fourth-order valence-corrected chi connectivity index (χ4v) is 1.47. The number of hydrogen-bond acceptors (Lipinski definition) is 3. The van der Waals surface area contributed by atoms with E-state index in [9.17, 15) is 0 Å². The van der Waals surface area contributed by atoms with Crippen molar-refractivity contribution in [1.82, 2.24) is 9.78 Å². The van der Waals surface area contributed by atoms with Crippen LogP contribution in [0.4, 0.5) is 0 Å². The van der Waals surface area contributed by atoms with Crippen LogP contribution in [0.2, 0.25) is 0 Å². The van der Waals surface area contributed by atoms with E-state index in [2.05, 4.69) is 12.0 Å². The van der Waals surface area contributed by atoms with E-state index in [1.807, 2.05) is 4.68 Å². The number of methoxy groups -OCH3 is 1. The van der Waals surface area contributed by atoms with Crippen LogP contribution in [-0.4, -0.2) is 28.6 Å². The van der Waals surface area contributed by atoms with Gasteiger partial charge >= 0.3 is 0 Å². The van der Waals surface area contributed by atoms with Gasteiger partial charge in [-0.2, -0.15) is 5.10 Å². The molecular weight excluding hydrogens is 180 g/mol. The molecule has 0 radical (unpaired) electrons. The molecule has 0 spiro atoms. The van der Waals surface area contributed by atoms with Crippen molar-refractivity contribution in [1.29, 1.82) is 0 Å². The lowest BCUT2D eigenvalue weighted by Gasteiger charge is -2.06. The normalized spacial score (nSPS) is 10.5. The number of rotatable bonds is 6. The molecule has 1 aromatic rings. The Labute approximate surface area is 84.5 Å². The van der Waals surface area contributed by atoms with E-state index >= 15 is 0 Å². The molecular formula is C10H18N2O2. The summed E-state index contributed by atoms with van der Waals surface area (Å²) in [5.41, 5.74) is 1.09. The zero-order valence-electron chi connectivity index (χ0n) is 8.86. The van der Waals surface area contributed by atoms with Gasteiger partial charge in [0.25, 0.3) is 0 Å². The first-order valence-electron chi connectivity index (χ1n) is 5.03. The van der Waals surface area contributed by atoms with E-state index < -0.39 is 0 Å². The molecule has 1 rings (SSSR count). The molecule has 80 valence electrons. The van der Waals surface area contributed by atoms with Gasteiger partial charge in [0, 0.05) is 13.2 Å². The van der Waals surface area contributed by atoms with Crippen molar-refractivity contribution in [3.8, 4) is 5.75 Å². The monoisotopic (exact) mass is 198 g/mol. The molecule has 0 bridgehead atoms. The summed E-state index contributed by atoms with van der Waals surface area (Å²) in [5.74, 6) is 0.826. The fourth-order valence-electron chi connectivity index (χ4n) is 1.47. The summed E-state index contributed by atoms with van der Waals surface area (Å²) in [7, 11) is 1.65. The molecule has 0 amide bonds. The average molecular weight is 198 g/mol. The second kappa shape index (κ2) is 5.65. The predicted molar refractivity (Wildman–Crippen MR) is 54.5 cm³/mol. The highest BCUT2D eigenvalue weighted by atomic mass is 16.5. The molecule has 1 aromatic heterocycles. The Bertz CT molecular complexity index is 271. The van der Waals surface area contributed by atoms with E-state index in [1.54, 1.807) is 13.3 Å². The Balaban J connectivity index is 2.76. The maximum atomic E-state index is 8.78. The zero-order valence-corrected chi connectivity index (χ0v) is 8.86. The molecule has 4 heteroatoms. The molecule has 0 saturated heterocycles.